The van der Waals surface area contributed by atoms with Crippen LogP contribution in [0.25, 0.3) is 0 Å². The first kappa shape index (κ1) is 33.0. The van der Waals surface area contributed by atoms with Gasteiger partial charge in [-0.3, -0.25) is 14.4 Å². The molecule has 2 heterocycles. The minimum atomic E-state index is -0.928. The fourth-order valence-electron chi connectivity index (χ4n) is 7.68. The van der Waals surface area contributed by atoms with Gasteiger partial charge in [-0.2, -0.15) is 0 Å². The number of carbonyl (C=O) groups excluding carboxylic acids is 3. The number of nitrogens with zero attached hydrogens (tertiary/aromatic N) is 3. The molecule has 3 aliphatic carbocycles. The van der Waals surface area contributed by atoms with E-state index in [1.165, 1.54) is 11.8 Å². The van der Waals surface area contributed by atoms with Crippen molar-refractivity contribution in [3.8, 4) is 0 Å². The van der Waals surface area contributed by atoms with Crippen LogP contribution in [-0.4, -0.2) is 83.6 Å². The number of likely N-dealkylation sites (tertiary alicyclic amines) is 1. The first-order chi connectivity index (χ1) is 20.1. The fourth-order valence-corrected chi connectivity index (χ4v) is 7.68. The SMILES string of the molecule is CC(=O)N1CCC[C@H]1C(=O)N[C@@H](CCCN=C(N)N[N+](=O)[O-])C(=O)N[C@@H](CC(C)C)B1O[C@@H]2C[C@@H]3C[C@@H](C3(C)C)[C@]2(C)O1. The zero-order chi connectivity index (χ0) is 31.7. The molecule has 2 bridgehead atoms. The molecule has 5 aliphatic rings. The van der Waals surface area contributed by atoms with E-state index in [2.05, 4.69) is 50.2 Å². The predicted molar refractivity (Wildman–Crippen MR) is 160 cm³/mol. The van der Waals surface area contributed by atoms with E-state index in [1.807, 2.05) is 0 Å². The van der Waals surface area contributed by atoms with E-state index in [4.69, 9.17) is 15.0 Å². The summed E-state index contributed by atoms with van der Waals surface area (Å²) in [5.41, 5.74) is 7.06. The largest absolute Gasteiger partial charge is 0.481 e. The fraction of sp³-hybridized carbons (Fsp3) is 0.857. The average molecular weight is 606 g/mol. The van der Waals surface area contributed by atoms with Crippen molar-refractivity contribution < 1.29 is 28.7 Å². The number of nitrogens with one attached hydrogen (secondary N) is 3. The number of amides is 3. The van der Waals surface area contributed by atoms with Gasteiger partial charge in [0, 0.05) is 20.0 Å². The summed E-state index contributed by atoms with van der Waals surface area (Å²) in [6, 6.07) is -1.57. The number of rotatable bonds is 12. The van der Waals surface area contributed by atoms with Gasteiger partial charge in [0.25, 0.3) is 5.96 Å². The number of hydrazine groups is 1. The van der Waals surface area contributed by atoms with Gasteiger partial charge in [-0.25, -0.2) is 15.1 Å². The first-order valence-electron chi connectivity index (χ1n) is 15.6. The van der Waals surface area contributed by atoms with E-state index in [0.29, 0.717) is 44.1 Å². The molecule has 240 valence electrons. The van der Waals surface area contributed by atoms with Crippen LogP contribution in [0.4, 0.5) is 0 Å². The molecule has 7 atom stereocenters. The topological polar surface area (TPSA) is 191 Å². The zero-order valence-electron chi connectivity index (χ0n) is 26.3. The van der Waals surface area contributed by atoms with Gasteiger partial charge in [-0.1, -0.05) is 33.1 Å². The molecule has 5 rings (SSSR count). The molecule has 0 spiro atoms. The van der Waals surface area contributed by atoms with E-state index in [9.17, 15) is 24.5 Å². The van der Waals surface area contributed by atoms with Crippen LogP contribution in [0.2, 0.25) is 0 Å². The molecule has 5 N–H and O–H groups in total. The Hall–Kier alpha value is -2.94. The van der Waals surface area contributed by atoms with Crippen LogP contribution in [0.1, 0.15) is 86.5 Å². The maximum Gasteiger partial charge on any atom is 0.481 e. The normalized spacial score (nSPS) is 30.7. The third-order valence-corrected chi connectivity index (χ3v) is 10.1. The number of nitrogens with two attached hydrogens (primary N) is 1. The Morgan fingerprint density at radius 1 is 1.21 bits per heavy atom. The minimum absolute atomic E-state index is 0.0348. The highest BCUT2D eigenvalue weighted by Gasteiger charge is 2.68. The standard InChI is InChI=1S/C28H48BN7O7/c1-16(2)13-23(29-42-22-15-18-14-21(27(18,4)5)28(22,6)43-29)33-24(38)19(9-7-11-31-26(30)34-36(40)41)32-25(39)20-10-8-12-35(20)17(3)37/h16,18-23H,7-15H2,1-6H3,(H,32,39)(H,33,38)(H3,30,31,34)/t18-,19-,20-,21-,22+,23-,28-/m0/s1. The molecule has 0 radical (unpaired) electrons. The van der Waals surface area contributed by atoms with Crippen LogP contribution in [0.5, 0.6) is 0 Å². The van der Waals surface area contributed by atoms with Crippen LogP contribution in [0.15, 0.2) is 4.99 Å². The predicted octanol–water partition coefficient (Wildman–Crippen LogP) is 1.16. The van der Waals surface area contributed by atoms with Crippen LogP contribution in [0, 0.1) is 33.3 Å². The summed E-state index contributed by atoms with van der Waals surface area (Å²) in [5.74, 6) is -0.536. The molecule has 2 saturated heterocycles. The Labute approximate surface area is 253 Å². The quantitative estimate of drug-likeness (QED) is 0.0631. The molecule has 0 unspecified atom stereocenters. The molecule has 5 fully saturated rings. The third-order valence-electron chi connectivity index (χ3n) is 10.1. The summed E-state index contributed by atoms with van der Waals surface area (Å²) >= 11 is 0. The van der Waals surface area contributed by atoms with Crippen LogP contribution in [-0.2, 0) is 23.7 Å². The molecule has 15 heteroatoms. The van der Waals surface area contributed by atoms with Gasteiger partial charge in [0.2, 0.25) is 17.7 Å². The summed E-state index contributed by atoms with van der Waals surface area (Å²) in [5, 5.41) is 15.8. The third kappa shape index (κ3) is 7.08. The molecule has 2 aliphatic heterocycles. The molecular weight excluding hydrogens is 557 g/mol. The Morgan fingerprint density at radius 3 is 2.56 bits per heavy atom. The highest BCUT2D eigenvalue weighted by atomic mass is 16.7. The lowest BCUT2D eigenvalue weighted by molar-refractivity contribution is -0.525. The van der Waals surface area contributed by atoms with Gasteiger partial charge in [-0.05, 0) is 75.0 Å². The summed E-state index contributed by atoms with van der Waals surface area (Å²) in [6.07, 6.45) is 4.39. The van der Waals surface area contributed by atoms with Gasteiger partial charge < -0.3 is 30.6 Å². The molecular formula is C28H48BN7O7. The van der Waals surface area contributed by atoms with E-state index >= 15 is 0 Å². The number of hydrogen-bond donors (Lipinski definition) is 4. The van der Waals surface area contributed by atoms with Crippen LogP contribution < -0.4 is 21.8 Å². The number of aliphatic imine (C=N–C) groups is 1. The molecule has 14 nitrogen and oxygen atoms in total. The highest BCUT2D eigenvalue weighted by molar-refractivity contribution is 6.48. The maximum atomic E-state index is 13.8. The van der Waals surface area contributed by atoms with Crippen molar-refractivity contribution in [1.29, 1.82) is 0 Å². The summed E-state index contributed by atoms with van der Waals surface area (Å²) in [6.45, 7) is 12.9. The van der Waals surface area contributed by atoms with Crippen molar-refractivity contribution in [2.45, 2.75) is 116 Å². The number of guanidine groups is 1. The average Bonchev–Trinajstić information content (AvgIpc) is 3.53. The zero-order valence-corrected chi connectivity index (χ0v) is 26.3. The number of nitro groups is 1. The van der Waals surface area contributed by atoms with Gasteiger partial charge in [0.15, 0.2) is 5.03 Å². The van der Waals surface area contributed by atoms with Crippen LogP contribution >= 0.6 is 0 Å². The van der Waals surface area contributed by atoms with Crippen LogP contribution in [0.3, 0.4) is 0 Å². The number of hydrogen-bond acceptors (Lipinski definition) is 8. The highest BCUT2D eigenvalue weighted by Crippen LogP contribution is 2.65. The van der Waals surface area contributed by atoms with Crippen molar-refractivity contribution in [3.05, 3.63) is 10.1 Å². The van der Waals surface area contributed by atoms with Gasteiger partial charge in [0.1, 0.15) is 12.1 Å². The van der Waals surface area contributed by atoms with Crippen molar-refractivity contribution >= 4 is 30.8 Å². The molecule has 0 aromatic rings. The molecule has 0 aromatic carbocycles. The minimum Gasteiger partial charge on any atom is -0.404 e. The Bertz CT molecular complexity index is 1120. The van der Waals surface area contributed by atoms with Crippen molar-refractivity contribution in [2.24, 2.45) is 33.9 Å². The van der Waals surface area contributed by atoms with Crippen molar-refractivity contribution in [1.82, 2.24) is 21.0 Å². The van der Waals surface area contributed by atoms with E-state index in [1.54, 1.807) is 5.43 Å². The van der Waals surface area contributed by atoms with Gasteiger partial charge in [0.05, 0.1) is 17.6 Å². The lowest BCUT2D eigenvalue weighted by atomic mass is 9.43. The molecule has 3 amide bonds. The molecule has 43 heavy (non-hydrogen) atoms. The van der Waals surface area contributed by atoms with E-state index in [0.717, 1.165) is 12.8 Å². The maximum absolute atomic E-state index is 13.8. The van der Waals surface area contributed by atoms with Crippen molar-refractivity contribution in [3.63, 3.8) is 0 Å². The second-order valence-corrected chi connectivity index (χ2v) is 13.8. The first-order valence-corrected chi connectivity index (χ1v) is 15.6. The summed E-state index contributed by atoms with van der Waals surface area (Å²) in [4.78, 5) is 55.2. The van der Waals surface area contributed by atoms with Crippen molar-refractivity contribution in [2.75, 3.05) is 13.1 Å². The Balaban J connectivity index is 1.47. The summed E-state index contributed by atoms with van der Waals surface area (Å²) < 4.78 is 13.2. The second-order valence-electron chi connectivity index (χ2n) is 13.8. The van der Waals surface area contributed by atoms with E-state index < -0.39 is 35.8 Å². The number of carbonyl (C=O) groups is 3. The lowest BCUT2D eigenvalue weighted by Gasteiger charge is -2.64. The Morgan fingerprint density at radius 2 is 1.93 bits per heavy atom. The van der Waals surface area contributed by atoms with Gasteiger partial charge >= 0.3 is 7.12 Å². The molecule has 3 saturated carbocycles. The van der Waals surface area contributed by atoms with E-state index in [-0.39, 0.29) is 54.1 Å². The second kappa shape index (κ2) is 13.0. The Kier molecular flexibility index (Phi) is 9.94. The van der Waals surface area contributed by atoms with Gasteiger partial charge in [-0.15, -0.1) is 0 Å². The summed E-state index contributed by atoms with van der Waals surface area (Å²) in [7, 11) is -0.617. The molecule has 0 aromatic heterocycles. The monoisotopic (exact) mass is 605 g/mol. The smallest absolute Gasteiger partial charge is 0.404 e. The lowest BCUT2D eigenvalue weighted by Crippen LogP contribution is -2.65.